The van der Waals surface area contributed by atoms with Gasteiger partial charge in [0, 0.05) is 10.8 Å². The molecule has 1 unspecified atom stereocenters. The number of Topliss-reactive ketones (excluding diaryl/α,β-unsaturated/α-hetero) is 1. The van der Waals surface area contributed by atoms with E-state index >= 15 is 0 Å². The number of carbonyl (C=O) groups excluding carboxylic acids is 1. The van der Waals surface area contributed by atoms with Crippen LogP contribution in [0.1, 0.15) is 39.6 Å². The van der Waals surface area contributed by atoms with Crippen molar-refractivity contribution in [3.05, 3.63) is 45.6 Å². The molecule has 0 radical (unpaired) electrons. The molecular weight excluding hydrogens is 284 g/mol. The quantitative estimate of drug-likeness (QED) is 0.791. The number of hydrogen-bond donors (Lipinski definition) is 0. The monoisotopic (exact) mass is 300 g/mol. The number of ether oxygens (including phenoxy) is 2. The van der Waals surface area contributed by atoms with Crippen molar-refractivity contribution >= 4 is 17.1 Å². The summed E-state index contributed by atoms with van der Waals surface area (Å²) in [6.07, 6.45) is 3.10. The van der Waals surface area contributed by atoms with Crippen LogP contribution < -0.4 is 9.47 Å². The molecule has 21 heavy (non-hydrogen) atoms. The first-order valence-corrected chi connectivity index (χ1v) is 8.21. The predicted molar refractivity (Wildman–Crippen MR) is 81.8 cm³/mol. The van der Waals surface area contributed by atoms with E-state index in [1.165, 1.54) is 10.4 Å². The predicted octanol–water partition coefficient (Wildman–Crippen LogP) is 3.82. The molecule has 0 fully saturated rings. The molecule has 1 aromatic heterocycles. The summed E-state index contributed by atoms with van der Waals surface area (Å²) in [5, 5.41) is 2.09. The molecule has 108 valence electrons. The summed E-state index contributed by atoms with van der Waals surface area (Å²) in [5.74, 6) is 1.44. The van der Waals surface area contributed by atoms with E-state index in [2.05, 4.69) is 11.4 Å². The number of carbonyl (C=O) groups is 1. The standard InChI is InChI=1S/C17H16O3S/c18-16(12-3-2-6-15-11(12)7-10-21-15)13-4-1-5-14-17(13)20-9-8-19-14/h1,4-5,7,10,12H,2-3,6,8-9H2. The first-order chi connectivity index (χ1) is 10.3. The van der Waals surface area contributed by atoms with Crippen LogP contribution in [0, 0.1) is 0 Å². The second kappa shape index (κ2) is 5.19. The zero-order valence-electron chi connectivity index (χ0n) is 11.6. The fourth-order valence-electron chi connectivity index (χ4n) is 3.21. The zero-order valence-corrected chi connectivity index (χ0v) is 12.4. The molecule has 0 saturated heterocycles. The third kappa shape index (κ3) is 2.14. The van der Waals surface area contributed by atoms with Gasteiger partial charge in [-0.05, 0) is 48.4 Å². The van der Waals surface area contributed by atoms with E-state index in [-0.39, 0.29) is 11.7 Å². The fourth-order valence-corrected chi connectivity index (χ4v) is 4.20. The van der Waals surface area contributed by atoms with Crippen molar-refractivity contribution in [3.8, 4) is 11.5 Å². The summed E-state index contributed by atoms with van der Waals surface area (Å²) in [7, 11) is 0. The Labute approximate surface area is 127 Å². The summed E-state index contributed by atoms with van der Waals surface area (Å²) < 4.78 is 11.3. The third-order valence-electron chi connectivity index (χ3n) is 4.20. The highest BCUT2D eigenvalue weighted by Gasteiger charge is 2.31. The molecule has 0 bridgehead atoms. The number of hydrogen-bond acceptors (Lipinski definition) is 4. The lowest BCUT2D eigenvalue weighted by Gasteiger charge is -2.24. The van der Waals surface area contributed by atoms with E-state index in [9.17, 15) is 4.79 Å². The van der Waals surface area contributed by atoms with Gasteiger partial charge >= 0.3 is 0 Å². The van der Waals surface area contributed by atoms with Gasteiger partial charge in [0.2, 0.25) is 0 Å². The molecule has 4 rings (SSSR count). The molecule has 2 aromatic rings. The lowest BCUT2D eigenvalue weighted by Crippen LogP contribution is -2.21. The maximum Gasteiger partial charge on any atom is 0.174 e. The van der Waals surface area contributed by atoms with Crippen molar-refractivity contribution in [3.63, 3.8) is 0 Å². The van der Waals surface area contributed by atoms with Gasteiger partial charge in [0.15, 0.2) is 17.3 Å². The molecule has 0 amide bonds. The van der Waals surface area contributed by atoms with Crippen molar-refractivity contribution in [2.24, 2.45) is 0 Å². The number of aryl methyl sites for hydroxylation is 1. The van der Waals surface area contributed by atoms with Gasteiger partial charge in [-0.3, -0.25) is 4.79 Å². The Morgan fingerprint density at radius 1 is 1.19 bits per heavy atom. The van der Waals surface area contributed by atoms with Crippen molar-refractivity contribution < 1.29 is 14.3 Å². The van der Waals surface area contributed by atoms with Crippen LogP contribution in [0.2, 0.25) is 0 Å². The van der Waals surface area contributed by atoms with E-state index in [0.29, 0.717) is 30.3 Å². The van der Waals surface area contributed by atoms with Crippen molar-refractivity contribution in [2.45, 2.75) is 25.2 Å². The lowest BCUT2D eigenvalue weighted by atomic mass is 9.82. The van der Waals surface area contributed by atoms with E-state index in [1.807, 2.05) is 18.2 Å². The average Bonchev–Trinajstić information content (AvgIpc) is 3.02. The average molecular weight is 300 g/mol. The molecule has 4 heteroatoms. The van der Waals surface area contributed by atoms with E-state index in [0.717, 1.165) is 19.3 Å². The van der Waals surface area contributed by atoms with Crippen LogP contribution in [0.5, 0.6) is 11.5 Å². The number of rotatable bonds is 2. The van der Waals surface area contributed by atoms with Gasteiger partial charge in [-0.15, -0.1) is 11.3 Å². The Hall–Kier alpha value is -1.81. The summed E-state index contributed by atoms with van der Waals surface area (Å²) in [6, 6.07) is 7.70. The van der Waals surface area contributed by atoms with Gasteiger partial charge in [0.05, 0.1) is 5.56 Å². The van der Waals surface area contributed by atoms with Crippen molar-refractivity contribution in [1.82, 2.24) is 0 Å². The molecule has 0 spiro atoms. The van der Waals surface area contributed by atoms with Crippen LogP contribution in [0.25, 0.3) is 0 Å². The molecular formula is C17H16O3S. The molecule has 2 aliphatic rings. The van der Waals surface area contributed by atoms with Crippen LogP contribution >= 0.6 is 11.3 Å². The minimum absolute atomic E-state index is 0.0305. The van der Waals surface area contributed by atoms with Gasteiger partial charge < -0.3 is 9.47 Å². The van der Waals surface area contributed by atoms with Crippen LogP contribution in [-0.2, 0) is 6.42 Å². The molecule has 2 heterocycles. The number of fused-ring (bicyclic) bond motifs is 2. The Kier molecular flexibility index (Phi) is 3.19. The summed E-state index contributed by atoms with van der Waals surface area (Å²) >= 11 is 1.76. The van der Waals surface area contributed by atoms with Crippen LogP contribution in [0.15, 0.2) is 29.6 Å². The van der Waals surface area contributed by atoms with Gasteiger partial charge in [-0.1, -0.05) is 6.07 Å². The highest BCUT2D eigenvalue weighted by atomic mass is 32.1. The second-order valence-electron chi connectivity index (χ2n) is 5.44. The lowest BCUT2D eigenvalue weighted by molar-refractivity contribution is 0.0940. The first kappa shape index (κ1) is 12.9. The van der Waals surface area contributed by atoms with Crippen LogP contribution in [0.3, 0.4) is 0 Å². The van der Waals surface area contributed by atoms with E-state index < -0.39 is 0 Å². The first-order valence-electron chi connectivity index (χ1n) is 7.33. The topological polar surface area (TPSA) is 35.5 Å². The molecule has 1 aromatic carbocycles. The molecule has 1 aliphatic heterocycles. The Morgan fingerprint density at radius 2 is 2.10 bits per heavy atom. The van der Waals surface area contributed by atoms with Crippen LogP contribution in [0.4, 0.5) is 0 Å². The maximum absolute atomic E-state index is 13.0. The Bertz CT molecular complexity index is 689. The summed E-state index contributed by atoms with van der Waals surface area (Å²) in [6.45, 7) is 1.05. The van der Waals surface area contributed by atoms with E-state index in [1.54, 1.807) is 11.3 Å². The normalized spacial score (nSPS) is 19.9. The van der Waals surface area contributed by atoms with Crippen molar-refractivity contribution in [1.29, 1.82) is 0 Å². The zero-order chi connectivity index (χ0) is 14.2. The van der Waals surface area contributed by atoms with Crippen LogP contribution in [-0.4, -0.2) is 19.0 Å². The smallest absolute Gasteiger partial charge is 0.174 e. The number of para-hydroxylation sites is 1. The van der Waals surface area contributed by atoms with Gasteiger partial charge in [-0.2, -0.15) is 0 Å². The summed E-state index contributed by atoms with van der Waals surface area (Å²) in [5.41, 5.74) is 1.88. The number of thiophene rings is 1. The Balaban J connectivity index is 1.74. The highest BCUT2D eigenvalue weighted by molar-refractivity contribution is 7.10. The minimum Gasteiger partial charge on any atom is -0.486 e. The molecule has 3 nitrogen and oxygen atoms in total. The summed E-state index contributed by atoms with van der Waals surface area (Å²) in [4.78, 5) is 14.4. The van der Waals surface area contributed by atoms with Gasteiger partial charge in [-0.25, -0.2) is 0 Å². The Morgan fingerprint density at radius 3 is 3.05 bits per heavy atom. The molecule has 1 aliphatic carbocycles. The minimum atomic E-state index is -0.0305. The van der Waals surface area contributed by atoms with Gasteiger partial charge in [0.25, 0.3) is 0 Å². The fraction of sp³-hybridized carbons (Fsp3) is 0.353. The largest absolute Gasteiger partial charge is 0.486 e. The molecule has 0 N–H and O–H groups in total. The van der Waals surface area contributed by atoms with Gasteiger partial charge in [0.1, 0.15) is 13.2 Å². The molecule has 0 saturated carbocycles. The highest BCUT2D eigenvalue weighted by Crippen LogP contribution is 2.41. The number of benzene rings is 1. The third-order valence-corrected chi connectivity index (χ3v) is 5.20. The molecule has 1 atom stereocenters. The maximum atomic E-state index is 13.0. The van der Waals surface area contributed by atoms with Crippen molar-refractivity contribution in [2.75, 3.05) is 13.2 Å². The SMILES string of the molecule is O=C(c1cccc2c1OCCO2)C1CCCc2sccc21. The number of ketones is 1. The second-order valence-corrected chi connectivity index (χ2v) is 6.44. The van der Waals surface area contributed by atoms with E-state index in [4.69, 9.17) is 9.47 Å².